The molecule has 1 aromatic heterocycles. The smallest absolute Gasteiger partial charge is 0.399 e. The average molecular weight is 295 g/mol. The van der Waals surface area contributed by atoms with Gasteiger partial charge in [0.05, 0.1) is 20.9 Å². The van der Waals surface area contributed by atoms with Gasteiger partial charge in [-0.2, -0.15) is 0 Å². The van der Waals surface area contributed by atoms with Gasteiger partial charge in [0, 0.05) is 4.78 Å². The Morgan fingerprint density at radius 3 is 2.32 bits per heavy atom. The first-order valence-electron chi connectivity index (χ1n) is 6.34. The Kier molecular flexibility index (Phi) is 2.99. The maximum Gasteiger partial charge on any atom is 0.505 e. The molecule has 19 heavy (non-hydrogen) atoms. The van der Waals surface area contributed by atoms with Gasteiger partial charge in [0.25, 0.3) is 0 Å². The van der Waals surface area contributed by atoms with E-state index in [1.54, 1.807) is 11.3 Å². The van der Waals surface area contributed by atoms with Gasteiger partial charge in [-0.15, -0.1) is 11.3 Å². The summed E-state index contributed by atoms with van der Waals surface area (Å²) in [6.07, 6.45) is 0. The molecule has 2 nitrogen and oxygen atoms in total. The van der Waals surface area contributed by atoms with Crippen molar-refractivity contribution in [3.8, 4) is 0 Å². The van der Waals surface area contributed by atoms with Gasteiger partial charge < -0.3 is 9.31 Å². The van der Waals surface area contributed by atoms with Crippen LogP contribution in [0.15, 0.2) is 24.3 Å². The second-order valence-electron chi connectivity index (χ2n) is 5.90. The zero-order valence-electron chi connectivity index (χ0n) is 11.5. The molecule has 1 aromatic carbocycles. The summed E-state index contributed by atoms with van der Waals surface area (Å²) in [6, 6.07) is 8.04. The van der Waals surface area contributed by atoms with Gasteiger partial charge in [-0.05, 0) is 45.2 Å². The largest absolute Gasteiger partial charge is 0.505 e. The molecule has 0 aliphatic carbocycles. The van der Waals surface area contributed by atoms with Crippen molar-refractivity contribution in [1.82, 2.24) is 0 Å². The van der Waals surface area contributed by atoms with Gasteiger partial charge in [-0.25, -0.2) is 0 Å². The topological polar surface area (TPSA) is 18.5 Å². The maximum absolute atomic E-state index is 6.22. The summed E-state index contributed by atoms with van der Waals surface area (Å²) in [7, 11) is -0.307. The van der Waals surface area contributed by atoms with E-state index in [4.69, 9.17) is 20.9 Å². The molecule has 100 valence electrons. The lowest BCUT2D eigenvalue weighted by Gasteiger charge is -2.32. The minimum absolute atomic E-state index is 0.307. The molecule has 2 aromatic rings. The van der Waals surface area contributed by atoms with Gasteiger partial charge in [-0.1, -0.05) is 23.7 Å². The fourth-order valence-corrected chi connectivity index (χ4v) is 3.44. The van der Waals surface area contributed by atoms with Crippen LogP contribution in [0.25, 0.3) is 10.1 Å². The van der Waals surface area contributed by atoms with Gasteiger partial charge in [0.1, 0.15) is 0 Å². The van der Waals surface area contributed by atoms with E-state index in [0.717, 1.165) is 19.9 Å². The van der Waals surface area contributed by atoms with Gasteiger partial charge in [0.15, 0.2) is 0 Å². The molecule has 2 heterocycles. The first-order chi connectivity index (χ1) is 8.80. The van der Waals surface area contributed by atoms with Gasteiger partial charge >= 0.3 is 7.12 Å². The number of benzene rings is 1. The third-order valence-corrected chi connectivity index (χ3v) is 5.63. The Balaban J connectivity index is 2.01. The number of halogens is 1. The Bertz CT molecular complexity index is 619. The van der Waals surface area contributed by atoms with E-state index in [9.17, 15) is 0 Å². The van der Waals surface area contributed by atoms with Crippen molar-refractivity contribution in [2.24, 2.45) is 0 Å². The van der Waals surface area contributed by atoms with Crippen LogP contribution in [0.3, 0.4) is 0 Å². The Hall–Kier alpha value is -0.545. The number of hydrogen-bond donors (Lipinski definition) is 0. The predicted octanol–water partition coefficient (Wildman–Crippen LogP) is 3.85. The van der Waals surface area contributed by atoms with Crippen molar-refractivity contribution in [3.05, 3.63) is 29.3 Å². The minimum Gasteiger partial charge on any atom is -0.399 e. The standard InChI is InChI=1S/C14H16BClO2S/c1-13(2)14(3,4)18-15(17-13)11-8-9-6-5-7-10(16)12(9)19-11/h5-8H,1-4H3. The van der Waals surface area contributed by atoms with Crippen LogP contribution in [0, 0.1) is 0 Å². The van der Waals surface area contributed by atoms with Crippen LogP contribution in [0.1, 0.15) is 27.7 Å². The van der Waals surface area contributed by atoms with Crippen molar-refractivity contribution in [2.75, 3.05) is 0 Å². The predicted molar refractivity (Wildman–Crippen MR) is 82.6 cm³/mol. The third kappa shape index (κ3) is 2.11. The van der Waals surface area contributed by atoms with Crippen molar-refractivity contribution in [2.45, 2.75) is 38.9 Å². The SMILES string of the molecule is CC1(C)OB(c2cc3cccc(Cl)c3s2)OC1(C)C. The summed E-state index contributed by atoms with van der Waals surface area (Å²) >= 11 is 7.86. The molecule has 1 fully saturated rings. The monoisotopic (exact) mass is 294 g/mol. The summed E-state index contributed by atoms with van der Waals surface area (Å²) in [4.78, 5) is 0. The maximum atomic E-state index is 6.22. The summed E-state index contributed by atoms with van der Waals surface area (Å²) in [5.74, 6) is 0. The quantitative estimate of drug-likeness (QED) is 0.744. The molecule has 0 spiro atoms. The van der Waals surface area contributed by atoms with Crippen molar-refractivity contribution in [1.29, 1.82) is 0 Å². The first kappa shape index (κ1) is 13.4. The zero-order chi connectivity index (χ0) is 13.8. The van der Waals surface area contributed by atoms with Gasteiger partial charge in [0.2, 0.25) is 0 Å². The molecular weight excluding hydrogens is 278 g/mol. The van der Waals surface area contributed by atoms with E-state index >= 15 is 0 Å². The van der Waals surface area contributed by atoms with E-state index in [-0.39, 0.29) is 18.3 Å². The fraction of sp³-hybridized carbons (Fsp3) is 0.429. The molecular formula is C14H16BClO2S. The molecule has 1 saturated heterocycles. The highest BCUT2D eigenvalue weighted by molar-refractivity contribution is 7.28. The Morgan fingerprint density at radius 1 is 1.11 bits per heavy atom. The van der Waals surface area contributed by atoms with E-state index in [1.165, 1.54) is 0 Å². The number of rotatable bonds is 1. The van der Waals surface area contributed by atoms with Crippen LogP contribution < -0.4 is 4.78 Å². The lowest BCUT2D eigenvalue weighted by atomic mass is 9.87. The highest BCUT2D eigenvalue weighted by Gasteiger charge is 2.52. The first-order valence-corrected chi connectivity index (χ1v) is 7.53. The molecule has 3 rings (SSSR count). The number of fused-ring (bicyclic) bond motifs is 1. The van der Waals surface area contributed by atoms with E-state index < -0.39 is 0 Å². The van der Waals surface area contributed by atoms with E-state index in [0.29, 0.717) is 0 Å². The van der Waals surface area contributed by atoms with Crippen molar-refractivity contribution in [3.63, 3.8) is 0 Å². The summed E-state index contributed by atoms with van der Waals surface area (Å²) in [6.45, 7) is 8.25. The number of thiophene rings is 1. The summed E-state index contributed by atoms with van der Waals surface area (Å²) in [5, 5.41) is 1.92. The minimum atomic E-state index is -0.308. The van der Waals surface area contributed by atoms with Crippen molar-refractivity contribution >= 4 is 44.9 Å². The summed E-state index contributed by atoms with van der Waals surface area (Å²) < 4.78 is 14.3. The second-order valence-corrected chi connectivity index (χ2v) is 7.39. The normalized spacial score (nSPS) is 21.2. The molecule has 0 amide bonds. The van der Waals surface area contributed by atoms with E-state index in [1.807, 2.05) is 12.1 Å². The van der Waals surface area contributed by atoms with Crippen LogP contribution >= 0.6 is 22.9 Å². The molecule has 1 aliphatic heterocycles. The van der Waals surface area contributed by atoms with Crippen molar-refractivity contribution < 1.29 is 9.31 Å². The Morgan fingerprint density at radius 2 is 1.74 bits per heavy atom. The highest BCUT2D eigenvalue weighted by atomic mass is 35.5. The van der Waals surface area contributed by atoms with Crippen LogP contribution in [0.4, 0.5) is 0 Å². The molecule has 0 bridgehead atoms. The summed E-state index contributed by atoms with van der Waals surface area (Å²) in [5.41, 5.74) is -0.616. The average Bonchev–Trinajstić information content (AvgIpc) is 2.80. The number of hydrogen-bond acceptors (Lipinski definition) is 3. The molecule has 0 unspecified atom stereocenters. The van der Waals surface area contributed by atoms with Gasteiger partial charge in [-0.3, -0.25) is 0 Å². The fourth-order valence-electron chi connectivity index (χ4n) is 2.12. The zero-order valence-corrected chi connectivity index (χ0v) is 13.1. The molecule has 1 aliphatic rings. The lowest BCUT2D eigenvalue weighted by Crippen LogP contribution is -2.41. The van der Waals surface area contributed by atoms with E-state index in [2.05, 4.69) is 39.8 Å². The molecule has 0 N–H and O–H groups in total. The highest BCUT2D eigenvalue weighted by Crippen LogP contribution is 2.38. The third-order valence-electron chi connectivity index (χ3n) is 4.00. The molecule has 0 radical (unpaired) electrons. The van der Waals surface area contributed by atoms with Crippen LogP contribution in [-0.4, -0.2) is 18.3 Å². The second kappa shape index (κ2) is 4.22. The molecule has 0 atom stereocenters. The lowest BCUT2D eigenvalue weighted by molar-refractivity contribution is 0.00578. The molecule has 5 heteroatoms. The van der Waals surface area contributed by atoms with Crippen LogP contribution in [0.2, 0.25) is 5.02 Å². The Labute approximate surface area is 122 Å². The molecule has 0 saturated carbocycles. The van der Waals surface area contributed by atoms with Crippen LogP contribution in [0.5, 0.6) is 0 Å². The van der Waals surface area contributed by atoms with Crippen LogP contribution in [-0.2, 0) is 9.31 Å².